The second-order valence-corrected chi connectivity index (χ2v) is 4.45. The van der Waals surface area contributed by atoms with E-state index in [0.717, 1.165) is 16.9 Å². The Bertz CT molecular complexity index is 647. The average Bonchev–Trinajstić information content (AvgIpc) is 3.17. The highest BCUT2D eigenvalue weighted by atomic mass is 16.3. The van der Waals surface area contributed by atoms with Gasteiger partial charge in [0.05, 0.1) is 30.5 Å². The molecule has 0 aliphatic heterocycles. The summed E-state index contributed by atoms with van der Waals surface area (Å²) in [6.45, 7) is 0. The monoisotopic (exact) mass is 269 g/mol. The van der Waals surface area contributed by atoms with Crippen molar-refractivity contribution in [2.24, 2.45) is 5.84 Å². The third-order valence-electron chi connectivity index (χ3n) is 3.07. The van der Waals surface area contributed by atoms with E-state index in [9.17, 15) is 0 Å². The van der Waals surface area contributed by atoms with Crippen molar-refractivity contribution in [1.29, 1.82) is 0 Å². The van der Waals surface area contributed by atoms with Crippen LogP contribution in [0.2, 0.25) is 0 Å². The molecule has 6 nitrogen and oxygen atoms in total. The second kappa shape index (κ2) is 5.68. The van der Waals surface area contributed by atoms with Crippen LogP contribution < -0.4 is 11.3 Å². The molecule has 3 rings (SSSR count). The fraction of sp³-hybridized carbons (Fsp3) is 0.143. The number of nitrogens with two attached hydrogens (primary N) is 1. The van der Waals surface area contributed by atoms with E-state index in [0.29, 0.717) is 6.42 Å². The summed E-state index contributed by atoms with van der Waals surface area (Å²) in [5.41, 5.74) is 5.53. The minimum Gasteiger partial charge on any atom is -0.472 e. The summed E-state index contributed by atoms with van der Waals surface area (Å²) in [5, 5.41) is 8.74. The van der Waals surface area contributed by atoms with Crippen LogP contribution in [0.1, 0.15) is 17.3 Å². The summed E-state index contributed by atoms with van der Waals surface area (Å²) in [6, 6.07) is 11.5. The number of hydrazine groups is 1. The molecule has 0 amide bonds. The van der Waals surface area contributed by atoms with Crippen molar-refractivity contribution in [3.63, 3.8) is 0 Å². The molecule has 1 atom stereocenters. The van der Waals surface area contributed by atoms with E-state index in [-0.39, 0.29) is 6.04 Å². The van der Waals surface area contributed by atoms with Gasteiger partial charge >= 0.3 is 0 Å². The first-order valence-electron chi connectivity index (χ1n) is 6.31. The predicted molar refractivity (Wildman–Crippen MR) is 73.8 cm³/mol. The lowest BCUT2D eigenvalue weighted by atomic mass is 10.1. The highest BCUT2D eigenvalue weighted by Crippen LogP contribution is 2.16. The topological polar surface area (TPSA) is 81.9 Å². The summed E-state index contributed by atoms with van der Waals surface area (Å²) in [7, 11) is 0. The van der Waals surface area contributed by atoms with Crippen molar-refractivity contribution in [2.45, 2.75) is 12.5 Å². The van der Waals surface area contributed by atoms with Crippen LogP contribution in [0.4, 0.5) is 0 Å². The maximum Gasteiger partial charge on any atom is 0.102 e. The van der Waals surface area contributed by atoms with Crippen LogP contribution in [0, 0.1) is 0 Å². The number of para-hydroxylation sites is 1. The van der Waals surface area contributed by atoms with Crippen LogP contribution in [0.5, 0.6) is 0 Å². The van der Waals surface area contributed by atoms with Crippen molar-refractivity contribution in [1.82, 2.24) is 20.4 Å². The van der Waals surface area contributed by atoms with Gasteiger partial charge in [-0.15, -0.1) is 0 Å². The molecule has 0 radical (unpaired) electrons. The standard InChI is InChI=1S/C14H15N5O/c15-17-13(8-11-6-7-20-10-11)14-9-16-19(18-14)12-4-2-1-3-5-12/h1-7,9-10,13,17H,8,15H2. The van der Waals surface area contributed by atoms with Gasteiger partial charge in [-0.25, -0.2) is 0 Å². The van der Waals surface area contributed by atoms with Crippen LogP contribution in [0.15, 0.2) is 59.5 Å². The zero-order valence-corrected chi connectivity index (χ0v) is 10.8. The van der Waals surface area contributed by atoms with E-state index in [1.807, 2.05) is 36.4 Å². The second-order valence-electron chi connectivity index (χ2n) is 4.45. The lowest BCUT2D eigenvalue weighted by Crippen LogP contribution is -2.29. The Labute approximate surface area is 116 Å². The highest BCUT2D eigenvalue weighted by molar-refractivity contribution is 5.28. The largest absolute Gasteiger partial charge is 0.472 e. The fourth-order valence-electron chi connectivity index (χ4n) is 2.01. The summed E-state index contributed by atoms with van der Waals surface area (Å²) in [4.78, 5) is 1.59. The van der Waals surface area contributed by atoms with Gasteiger partial charge in [-0.05, 0) is 30.2 Å². The molecule has 3 aromatic rings. The number of hydrogen-bond acceptors (Lipinski definition) is 5. The van der Waals surface area contributed by atoms with Gasteiger partial charge in [-0.3, -0.25) is 11.3 Å². The molecule has 3 N–H and O–H groups in total. The minimum absolute atomic E-state index is 0.106. The van der Waals surface area contributed by atoms with Crippen LogP contribution in [-0.2, 0) is 6.42 Å². The van der Waals surface area contributed by atoms with E-state index < -0.39 is 0 Å². The fourth-order valence-corrected chi connectivity index (χ4v) is 2.01. The van der Waals surface area contributed by atoms with E-state index in [1.165, 1.54) is 0 Å². The van der Waals surface area contributed by atoms with Crippen LogP contribution in [-0.4, -0.2) is 15.0 Å². The molecule has 0 saturated carbocycles. The molecule has 0 bridgehead atoms. The number of nitrogens with zero attached hydrogens (tertiary/aromatic N) is 3. The first-order chi connectivity index (χ1) is 9.86. The van der Waals surface area contributed by atoms with Crippen molar-refractivity contribution >= 4 is 0 Å². The molecule has 0 aliphatic carbocycles. The zero-order valence-electron chi connectivity index (χ0n) is 10.8. The Kier molecular flexibility index (Phi) is 3.58. The Hall–Kier alpha value is -2.44. The van der Waals surface area contributed by atoms with Gasteiger partial charge in [0.15, 0.2) is 0 Å². The molecule has 6 heteroatoms. The number of hydrogen-bond donors (Lipinski definition) is 2. The molecule has 0 spiro atoms. The first-order valence-corrected chi connectivity index (χ1v) is 6.31. The molecule has 0 saturated heterocycles. The lowest BCUT2D eigenvalue weighted by Gasteiger charge is -2.11. The van der Waals surface area contributed by atoms with Crippen LogP contribution in [0.25, 0.3) is 5.69 Å². The molecular weight excluding hydrogens is 254 g/mol. The number of rotatable bonds is 5. The van der Waals surface area contributed by atoms with Crippen molar-refractivity contribution in [3.05, 3.63) is 66.4 Å². The maximum atomic E-state index is 5.61. The van der Waals surface area contributed by atoms with Crippen molar-refractivity contribution in [3.8, 4) is 5.69 Å². The molecule has 102 valence electrons. The summed E-state index contributed by atoms with van der Waals surface area (Å²) in [6.07, 6.45) is 5.76. The molecule has 0 fully saturated rings. The summed E-state index contributed by atoms with van der Waals surface area (Å²) in [5.74, 6) is 5.61. The van der Waals surface area contributed by atoms with Gasteiger partial charge < -0.3 is 4.42 Å². The lowest BCUT2D eigenvalue weighted by molar-refractivity contribution is 0.522. The van der Waals surface area contributed by atoms with Gasteiger partial charge in [-0.1, -0.05) is 18.2 Å². The smallest absolute Gasteiger partial charge is 0.102 e. The predicted octanol–water partition coefficient (Wildman–Crippen LogP) is 1.61. The normalized spacial score (nSPS) is 12.4. The molecule has 1 aromatic carbocycles. The Morgan fingerprint density at radius 3 is 2.80 bits per heavy atom. The molecule has 2 aromatic heterocycles. The molecule has 0 aliphatic rings. The Balaban J connectivity index is 1.81. The quantitative estimate of drug-likeness (QED) is 0.543. The average molecular weight is 269 g/mol. The maximum absolute atomic E-state index is 5.61. The number of benzene rings is 1. The van der Waals surface area contributed by atoms with Crippen molar-refractivity contribution in [2.75, 3.05) is 0 Å². The van der Waals surface area contributed by atoms with Crippen LogP contribution >= 0.6 is 0 Å². The van der Waals surface area contributed by atoms with E-state index in [4.69, 9.17) is 10.3 Å². The van der Waals surface area contributed by atoms with Crippen LogP contribution in [0.3, 0.4) is 0 Å². The molecule has 20 heavy (non-hydrogen) atoms. The SMILES string of the molecule is NNC(Cc1ccoc1)c1cnn(-c2ccccc2)n1. The minimum atomic E-state index is -0.106. The van der Waals surface area contributed by atoms with Gasteiger partial charge in [0.1, 0.15) is 5.69 Å². The Morgan fingerprint density at radius 2 is 2.10 bits per heavy atom. The molecular formula is C14H15N5O. The summed E-state index contributed by atoms with van der Waals surface area (Å²) < 4.78 is 5.06. The first kappa shape index (κ1) is 12.6. The third kappa shape index (κ3) is 2.61. The summed E-state index contributed by atoms with van der Waals surface area (Å²) >= 11 is 0. The van der Waals surface area contributed by atoms with E-state index in [1.54, 1.807) is 23.5 Å². The number of aromatic nitrogens is 3. The van der Waals surface area contributed by atoms with Gasteiger partial charge in [0.25, 0.3) is 0 Å². The zero-order chi connectivity index (χ0) is 13.8. The van der Waals surface area contributed by atoms with E-state index >= 15 is 0 Å². The van der Waals surface area contributed by atoms with Gasteiger partial charge in [0.2, 0.25) is 0 Å². The molecule has 1 unspecified atom stereocenters. The third-order valence-corrected chi connectivity index (χ3v) is 3.07. The molecule has 2 heterocycles. The Morgan fingerprint density at radius 1 is 1.25 bits per heavy atom. The number of furan rings is 1. The highest BCUT2D eigenvalue weighted by Gasteiger charge is 2.15. The van der Waals surface area contributed by atoms with E-state index in [2.05, 4.69) is 15.6 Å². The number of nitrogens with one attached hydrogen (secondary N) is 1. The van der Waals surface area contributed by atoms with Gasteiger partial charge in [0, 0.05) is 0 Å². The van der Waals surface area contributed by atoms with Gasteiger partial charge in [-0.2, -0.15) is 15.0 Å². The van der Waals surface area contributed by atoms with Crippen molar-refractivity contribution < 1.29 is 4.42 Å².